The highest BCUT2D eigenvalue weighted by atomic mass is 16.8. The van der Waals surface area contributed by atoms with Crippen LogP contribution in [0.15, 0.2) is 0 Å². The lowest BCUT2D eigenvalue weighted by molar-refractivity contribution is -0.304. The van der Waals surface area contributed by atoms with Gasteiger partial charge in [0.1, 0.15) is 24.4 Å². The van der Waals surface area contributed by atoms with E-state index in [2.05, 4.69) is 34.6 Å². The summed E-state index contributed by atoms with van der Waals surface area (Å²) in [5, 5.41) is 54.2. The molecule has 5 saturated carbocycles. The van der Waals surface area contributed by atoms with E-state index in [1.807, 2.05) is 13.8 Å². The summed E-state index contributed by atoms with van der Waals surface area (Å²) in [7, 11) is 0. The predicted molar refractivity (Wildman–Crippen MR) is 159 cm³/mol. The minimum absolute atomic E-state index is 0.0465. The lowest BCUT2D eigenvalue weighted by Gasteiger charge is -2.64. The highest BCUT2D eigenvalue weighted by molar-refractivity contribution is 5.34. The van der Waals surface area contributed by atoms with E-state index >= 15 is 0 Å². The van der Waals surface area contributed by atoms with Crippen LogP contribution in [0.5, 0.6) is 0 Å². The fraction of sp³-hybridized carbons (Fsp3) is 1.00. The molecule has 3 heterocycles. The Hall–Kier alpha value is -0.360. The molecular formula is C35H56O9. The molecule has 0 aromatic rings. The van der Waals surface area contributed by atoms with E-state index in [0.717, 1.165) is 44.9 Å². The summed E-state index contributed by atoms with van der Waals surface area (Å²) in [6.07, 6.45) is 1.70. The van der Waals surface area contributed by atoms with Crippen LogP contribution in [0.3, 0.4) is 0 Å². The topological polar surface area (TPSA) is 138 Å². The summed E-state index contributed by atoms with van der Waals surface area (Å²) in [4.78, 5) is 0. The lowest BCUT2D eigenvalue weighted by Crippen LogP contribution is -2.63. The van der Waals surface area contributed by atoms with E-state index in [9.17, 15) is 25.5 Å². The molecule has 3 aliphatic heterocycles. The summed E-state index contributed by atoms with van der Waals surface area (Å²) < 4.78 is 25.9. The van der Waals surface area contributed by atoms with Gasteiger partial charge in [-0.25, -0.2) is 0 Å². The van der Waals surface area contributed by atoms with E-state index in [1.54, 1.807) is 0 Å². The second-order valence-corrected chi connectivity index (χ2v) is 18.4. The maximum atomic E-state index is 12.4. The first kappa shape index (κ1) is 30.9. The van der Waals surface area contributed by atoms with Gasteiger partial charge in [0.25, 0.3) is 0 Å². The molecule has 0 amide bonds. The van der Waals surface area contributed by atoms with Gasteiger partial charge in [-0.1, -0.05) is 34.6 Å². The highest BCUT2D eigenvalue weighted by Gasteiger charge is 2.87. The van der Waals surface area contributed by atoms with Gasteiger partial charge in [0.2, 0.25) is 0 Å². The normalized spacial score (nSPS) is 62.2. The van der Waals surface area contributed by atoms with Crippen LogP contribution in [0, 0.1) is 50.7 Å². The Kier molecular flexibility index (Phi) is 6.33. The number of aliphatic hydroxyl groups excluding tert-OH is 4. The Bertz CT molecular complexity index is 1200. The van der Waals surface area contributed by atoms with E-state index in [4.69, 9.17) is 18.9 Å². The van der Waals surface area contributed by atoms with Crippen LogP contribution in [0.2, 0.25) is 0 Å². The van der Waals surface area contributed by atoms with Crippen LogP contribution in [0.4, 0.5) is 0 Å². The zero-order chi connectivity index (χ0) is 31.6. The van der Waals surface area contributed by atoms with E-state index in [0.29, 0.717) is 12.3 Å². The second kappa shape index (κ2) is 9.00. The van der Waals surface area contributed by atoms with Crippen molar-refractivity contribution >= 4 is 0 Å². The van der Waals surface area contributed by atoms with Crippen molar-refractivity contribution in [1.82, 2.24) is 0 Å². The first-order valence-corrected chi connectivity index (χ1v) is 17.4. The molecule has 17 atom stereocenters. The molecule has 0 aromatic carbocycles. The Morgan fingerprint density at radius 3 is 2.23 bits per heavy atom. The number of hydrogen-bond donors (Lipinski definition) is 5. The molecule has 0 aromatic heterocycles. The molecular weight excluding hydrogens is 564 g/mol. The van der Waals surface area contributed by atoms with Gasteiger partial charge in [-0.3, -0.25) is 0 Å². The smallest absolute Gasteiger partial charge is 0.186 e. The molecule has 2 bridgehead atoms. The van der Waals surface area contributed by atoms with Gasteiger partial charge in [0.15, 0.2) is 12.1 Å². The summed E-state index contributed by atoms with van der Waals surface area (Å²) >= 11 is 0. The van der Waals surface area contributed by atoms with Crippen molar-refractivity contribution in [1.29, 1.82) is 0 Å². The number of fused-ring (bicyclic) bond motifs is 4. The summed E-state index contributed by atoms with van der Waals surface area (Å²) in [6.45, 7) is 15.4. The van der Waals surface area contributed by atoms with Crippen LogP contribution in [0.25, 0.3) is 0 Å². The molecule has 0 unspecified atom stereocenters. The molecule has 5 N–H and O–H groups in total. The van der Waals surface area contributed by atoms with Crippen molar-refractivity contribution in [2.75, 3.05) is 6.61 Å². The molecule has 3 spiro atoms. The van der Waals surface area contributed by atoms with Crippen LogP contribution in [-0.4, -0.2) is 92.5 Å². The van der Waals surface area contributed by atoms with E-state index in [1.165, 1.54) is 0 Å². The van der Waals surface area contributed by atoms with Gasteiger partial charge < -0.3 is 44.5 Å². The molecule has 8 rings (SSSR count). The molecule has 8 aliphatic rings. The monoisotopic (exact) mass is 620 g/mol. The van der Waals surface area contributed by atoms with E-state index in [-0.39, 0.29) is 69.7 Å². The quantitative estimate of drug-likeness (QED) is 0.301. The Morgan fingerprint density at radius 1 is 0.795 bits per heavy atom. The Labute approximate surface area is 262 Å². The molecule has 44 heavy (non-hydrogen) atoms. The fourth-order valence-corrected chi connectivity index (χ4v) is 14.0. The summed E-state index contributed by atoms with van der Waals surface area (Å²) in [5.41, 5.74) is -1.28. The average Bonchev–Trinajstić information content (AvgIpc) is 3.38. The maximum absolute atomic E-state index is 12.4. The van der Waals surface area contributed by atoms with Crippen LogP contribution >= 0.6 is 0 Å². The first-order valence-electron chi connectivity index (χ1n) is 17.4. The number of hydrogen-bond acceptors (Lipinski definition) is 9. The van der Waals surface area contributed by atoms with Crippen molar-refractivity contribution in [3.05, 3.63) is 0 Å². The SMILES string of the molecule is C[C@@H]1C[C@H]2O[C@]3(C[C@@]4(C)[C@@H]5[C@H](O)C[C@@H]6C(C)(C)[C@H](O[C@@H]7OC[C@@H](O)[C@H](O)[C@H]7O)CC[C@@]67C[C@@]57CC[C@]4(C)[C@@H]13)O[C@H]2C(C)(C)O. The van der Waals surface area contributed by atoms with Crippen molar-refractivity contribution < 1.29 is 44.5 Å². The van der Waals surface area contributed by atoms with Crippen LogP contribution in [0.1, 0.15) is 99.8 Å². The first-order chi connectivity index (χ1) is 20.4. The van der Waals surface area contributed by atoms with Crippen molar-refractivity contribution in [3.8, 4) is 0 Å². The third-order valence-corrected chi connectivity index (χ3v) is 15.7. The Morgan fingerprint density at radius 2 is 1.52 bits per heavy atom. The van der Waals surface area contributed by atoms with Gasteiger partial charge >= 0.3 is 0 Å². The van der Waals surface area contributed by atoms with E-state index < -0.39 is 42.1 Å². The van der Waals surface area contributed by atoms with Gasteiger partial charge in [0, 0.05) is 12.3 Å². The minimum Gasteiger partial charge on any atom is -0.393 e. The number of aliphatic hydroxyl groups is 5. The minimum atomic E-state index is -1.31. The third-order valence-electron chi connectivity index (χ3n) is 15.7. The van der Waals surface area contributed by atoms with Crippen molar-refractivity contribution in [3.63, 3.8) is 0 Å². The van der Waals surface area contributed by atoms with Gasteiger partial charge in [-0.15, -0.1) is 0 Å². The van der Waals surface area contributed by atoms with Gasteiger partial charge in [-0.2, -0.15) is 0 Å². The molecule has 9 nitrogen and oxygen atoms in total. The number of rotatable bonds is 3. The van der Waals surface area contributed by atoms with Crippen LogP contribution in [-0.2, 0) is 18.9 Å². The maximum Gasteiger partial charge on any atom is 0.186 e. The summed E-state index contributed by atoms with van der Waals surface area (Å²) in [6, 6.07) is 0. The van der Waals surface area contributed by atoms with Crippen molar-refractivity contribution in [2.24, 2.45) is 50.7 Å². The third kappa shape index (κ3) is 3.53. The molecule has 0 radical (unpaired) electrons. The molecule has 8 fully saturated rings. The number of ether oxygens (including phenoxy) is 4. The average molecular weight is 621 g/mol. The fourth-order valence-electron chi connectivity index (χ4n) is 14.0. The highest BCUT2D eigenvalue weighted by Crippen LogP contribution is 2.90. The second-order valence-electron chi connectivity index (χ2n) is 18.4. The summed E-state index contributed by atoms with van der Waals surface area (Å²) in [5.74, 6) is 0.319. The molecule has 3 saturated heterocycles. The zero-order valence-electron chi connectivity index (χ0n) is 27.7. The zero-order valence-corrected chi connectivity index (χ0v) is 27.7. The molecule has 250 valence electrons. The largest absolute Gasteiger partial charge is 0.393 e. The van der Waals surface area contributed by atoms with Gasteiger partial charge in [0.05, 0.1) is 30.5 Å². The van der Waals surface area contributed by atoms with Gasteiger partial charge in [-0.05, 0) is 104 Å². The van der Waals surface area contributed by atoms with Crippen LogP contribution < -0.4 is 0 Å². The predicted octanol–water partition coefficient (Wildman–Crippen LogP) is 3.12. The molecule has 5 aliphatic carbocycles. The molecule has 9 heteroatoms. The van der Waals surface area contributed by atoms with Crippen molar-refractivity contribution in [2.45, 2.75) is 160 Å². The Balaban J connectivity index is 1.10. The standard InChI is InChI=1S/C35H56O9/c1-17-12-20-27(30(4,5)40)44-35(43-20)15-32(7)26-18(36)13-21-29(2,3)22(42-28-24(39)23(38)19(37)14-41-28)8-9-33(21)16-34(26,33)11-10-31(32,6)25(17)35/h17-28,36-40H,8-16H2,1-7H3/t17-,18-,19-,20-,21-,22-,23+,24-,25-,26+,27-,28+,31-,32+,33-,34+,35-/m1/s1. The lowest BCUT2D eigenvalue weighted by atomic mass is 9.41.